The molecule has 124 valence electrons. The van der Waals surface area contributed by atoms with Gasteiger partial charge in [-0.3, -0.25) is 0 Å². The van der Waals surface area contributed by atoms with Crippen molar-refractivity contribution in [2.75, 3.05) is 0 Å². The first kappa shape index (κ1) is 22.8. The van der Waals surface area contributed by atoms with E-state index in [2.05, 4.69) is 13.5 Å². The topological polar surface area (TPSA) is 26.3 Å². The van der Waals surface area contributed by atoms with Crippen LogP contribution in [0.2, 0.25) is 0.515 Å². The minimum Gasteiger partial charge on any atom is -0.0654 e. The molecule has 1 atom stereocenters. The number of hydrogen-bond acceptors (Lipinski definition) is 2. The Morgan fingerprint density at radius 3 is 1.82 bits per heavy atom. The van der Waals surface area contributed by atoms with Crippen molar-refractivity contribution in [2.24, 2.45) is 0 Å². The van der Waals surface area contributed by atoms with Crippen molar-refractivity contribution in [2.45, 2.75) is 97.0 Å². The van der Waals surface area contributed by atoms with E-state index in [9.17, 15) is 4.79 Å². The van der Waals surface area contributed by atoms with E-state index in [1.54, 1.807) is 0 Å². The third-order valence-electron chi connectivity index (χ3n) is 4.28. The molecule has 0 bridgehead atoms. The number of carbonyl (C=O) groups is 1. The molecule has 0 aliphatic rings. The third-order valence-corrected chi connectivity index (χ3v) is 5.71. The summed E-state index contributed by atoms with van der Waals surface area (Å²) in [4.78, 5) is 11.2. The molecule has 0 aliphatic heterocycles. The molecule has 0 aromatic rings. The van der Waals surface area contributed by atoms with Crippen LogP contribution < -0.4 is 0 Å². The number of carbonyl (C=O) groups excluding carboxylic acids is 1. The van der Waals surface area contributed by atoms with Crippen molar-refractivity contribution in [3.63, 3.8) is 0 Å². The zero-order valence-corrected chi connectivity index (χ0v) is 18.2. The van der Waals surface area contributed by atoms with E-state index < -0.39 is 0 Å². The van der Waals surface area contributed by atoms with Gasteiger partial charge in [0.15, 0.2) is 0 Å². The molecular weight excluding hydrogens is 299 g/mol. The summed E-state index contributed by atoms with van der Waals surface area (Å²) < 4.78 is 6.43. The minimum absolute atomic E-state index is 0.161. The zero-order chi connectivity index (χ0) is 16.5. The molecular formula is C19H35KO2. The first-order valence-corrected chi connectivity index (χ1v) is 11.8. The molecule has 0 heterocycles. The molecule has 0 N–H and O–H groups in total. The predicted octanol–water partition coefficient (Wildman–Crippen LogP) is 5.76. The fourth-order valence-electron chi connectivity index (χ4n) is 2.77. The van der Waals surface area contributed by atoms with Gasteiger partial charge in [-0.1, -0.05) is 26.2 Å². The summed E-state index contributed by atoms with van der Waals surface area (Å²) in [6.45, 7) is 5.73. The Bertz CT molecular complexity index is 266. The molecule has 0 spiro atoms. The Hall–Kier alpha value is 0.846. The maximum absolute atomic E-state index is 11.2. The van der Waals surface area contributed by atoms with Crippen molar-refractivity contribution in [1.82, 2.24) is 0 Å². The summed E-state index contributed by atoms with van der Waals surface area (Å²) in [5.74, 6) is -0.256. The molecule has 0 rings (SSSR count). The van der Waals surface area contributed by atoms with Crippen LogP contribution in [-0.2, 0) is 9.53 Å². The van der Waals surface area contributed by atoms with Crippen LogP contribution in [0.15, 0.2) is 12.7 Å². The zero-order valence-electron chi connectivity index (χ0n) is 15.1. The SMILES string of the molecule is C=CC(=O)OC([CH2][K])CCCCCCCCCCCCCC. The third kappa shape index (κ3) is 15.7. The van der Waals surface area contributed by atoms with Gasteiger partial charge < -0.3 is 0 Å². The summed E-state index contributed by atoms with van der Waals surface area (Å²) in [6.07, 6.45) is 18.9. The predicted molar refractivity (Wildman–Crippen MR) is 96.3 cm³/mol. The molecule has 0 fully saturated rings. The molecule has 0 aromatic carbocycles. The monoisotopic (exact) mass is 334 g/mol. The fraction of sp³-hybridized carbons (Fsp3) is 0.842. The van der Waals surface area contributed by atoms with Gasteiger partial charge >= 0.3 is 148 Å². The molecule has 0 saturated carbocycles. The van der Waals surface area contributed by atoms with Crippen LogP contribution in [-0.4, -0.2) is 61.0 Å². The van der Waals surface area contributed by atoms with Crippen LogP contribution in [0, 0.1) is 0 Å². The summed E-state index contributed by atoms with van der Waals surface area (Å²) in [5.41, 5.74) is 0. The van der Waals surface area contributed by atoms with E-state index >= 15 is 0 Å². The standard InChI is InChI=1S/C19H35O2.K/c1-4-6-7-8-9-10-11-12-13-14-15-16-17-18(3)21-19(20)5-2;/h5,18H,2-4,6-17H2,1H3;. The second kappa shape index (κ2) is 18.2. The van der Waals surface area contributed by atoms with Crippen LogP contribution >= 0.6 is 0 Å². The average molecular weight is 335 g/mol. The van der Waals surface area contributed by atoms with Crippen molar-refractivity contribution in [1.29, 1.82) is 0 Å². The molecule has 0 aromatic heterocycles. The Labute approximate surface area is 172 Å². The molecule has 0 radical (unpaired) electrons. The Morgan fingerprint density at radius 2 is 1.41 bits per heavy atom. The van der Waals surface area contributed by atoms with E-state index in [-0.39, 0.29) is 12.1 Å². The quantitative estimate of drug-likeness (QED) is 0.155. The molecule has 3 heteroatoms. The van der Waals surface area contributed by atoms with Crippen LogP contribution in [0.3, 0.4) is 0 Å². The van der Waals surface area contributed by atoms with Gasteiger partial charge in [-0.15, -0.1) is 0 Å². The van der Waals surface area contributed by atoms with Gasteiger partial charge in [-0.25, -0.2) is 0 Å². The van der Waals surface area contributed by atoms with Gasteiger partial charge in [0.1, 0.15) is 0 Å². The number of rotatable bonds is 16. The van der Waals surface area contributed by atoms with Gasteiger partial charge in [0.25, 0.3) is 0 Å². The molecule has 2 nitrogen and oxygen atoms in total. The van der Waals surface area contributed by atoms with Gasteiger partial charge in [0, 0.05) is 0 Å². The molecule has 0 amide bonds. The normalized spacial score (nSPS) is 12.1. The van der Waals surface area contributed by atoms with Gasteiger partial charge in [-0.2, -0.15) is 0 Å². The molecule has 0 saturated heterocycles. The molecule has 22 heavy (non-hydrogen) atoms. The number of esters is 1. The van der Waals surface area contributed by atoms with Crippen molar-refractivity contribution < 1.29 is 9.53 Å². The van der Waals surface area contributed by atoms with Crippen LogP contribution in [0.25, 0.3) is 0 Å². The Balaban J connectivity index is 3.28. The Kier molecular flexibility index (Phi) is 18.9. The van der Waals surface area contributed by atoms with Gasteiger partial charge in [0.2, 0.25) is 0 Å². The smallest absolute Gasteiger partial charge is 0.0654 e. The second-order valence-corrected chi connectivity index (χ2v) is 7.62. The van der Waals surface area contributed by atoms with E-state index in [1.165, 1.54) is 83.1 Å². The maximum atomic E-state index is 11.2. The number of unbranched alkanes of at least 4 members (excludes halogenated alkanes) is 11. The Morgan fingerprint density at radius 1 is 0.955 bits per heavy atom. The van der Waals surface area contributed by atoms with Crippen molar-refractivity contribution in [3.05, 3.63) is 12.7 Å². The second-order valence-electron chi connectivity index (χ2n) is 6.35. The number of ether oxygens (including phenoxy) is 1. The summed E-state index contributed by atoms with van der Waals surface area (Å²) in [5, 5.41) is 0. The summed E-state index contributed by atoms with van der Waals surface area (Å²) >= 11 is 0.746. The van der Waals surface area contributed by atoms with E-state index in [0.29, 0.717) is 0 Å². The van der Waals surface area contributed by atoms with E-state index in [0.717, 1.165) is 55.9 Å². The van der Waals surface area contributed by atoms with Gasteiger partial charge in [-0.05, 0) is 0 Å². The van der Waals surface area contributed by atoms with Crippen molar-refractivity contribution in [3.8, 4) is 0 Å². The van der Waals surface area contributed by atoms with E-state index in [1.807, 2.05) is 0 Å². The van der Waals surface area contributed by atoms with Gasteiger partial charge in [0.05, 0.1) is 0 Å². The summed E-state index contributed by atoms with van der Waals surface area (Å²) in [6, 6.07) is 0. The van der Waals surface area contributed by atoms with E-state index in [4.69, 9.17) is 4.74 Å². The van der Waals surface area contributed by atoms with Crippen LogP contribution in [0.4, 0.5) is 0 Å². The number of hydrogen-bond donors (Lipinski definition) is 0. The first-order valence-electron chi connectivity index (χ1n) is 9.57. The molecule has 0 aliphatic carbocycles. The average Bonchev–Trinajstić information content (AvgIpc) is 2.54. The van der Waals surface area contributed by atoms with Crippen LogP contribution in [0.5, 0.6) is 0 Å². The molecule has 1 unspecified atom stereocenters. The first-order chi connectivity index (χ1) is 10.7. The van der Waals surface area contributed by atoms with Crippen molar-refractivity contribution >= 4 is 54.9 Å². The fourth-order valence-corrected chi connectivity index (χ4v) is 3.67. The van der Waals surface area contributed by atoms with Crippen LogP contribution in [0.1, 0.15) is 90.4 Å². The minimum atomic E-state index is -0.256. The summed E-state index contributed by atoms with van der Waals surface area (Å²) in [7, 11) is 0.